The Kier molecular flexibility index (Phi) is 9.02. The molecule has 8 heteroatoms. The van der Waals surface area contributed by atoms with Crippen LogP contribution in [0, 0.1) is 11.3 Å². The fraction of sp³-hybridized carbons (Fsp3) is 0.240. The lowest BCUT2D eigenvalue weighted by Crippen LogP contribution is -3.11. The molecule has 6 nitrogen and oxygen atoms in total. The van der Waals surface area contributed by atoms with Gasteiger partial charge in [0.1, 0.15) is 29.8 Å². The highest BCUT2D eigenvalue weighted by Crippen LogP contribution is 2.27. The van der Waals surface area contributed by atoms with Crippen molar-refractivity contribution in [2.75, 3.05) is 31.6 Å². The number of quaternary nitrogens is 1. The zero-order chi connectivity index (χ0) is 23.6. The number of carbonyl (C=O) groups excluding carboxylic acids is 1. The van der Waals surface area contributed by atoms with Crippen LogP contribution in [0.25, 0.3) is 16.8 Å². The first-order valence-corrected chi connectivity index (χ1v) is 12.0. The van der Waals surface area contributed by atoms with Gasteiger partial charge in [0.05, 0.1) is 24.3 Å². The SMILES string of the molecule is CC[NH+](CC)CCOC(=O)c1ccc(N/C=C(/C#N)c2nc(-c3ccc(Cl)cc3)cs2)cc1. The number of rotatable bonds is 10. The van der Waals surface area contributed by atoms with Crippen LogP contribution in [0.15, 0.2) is 60.1 Å². The van der Waals surface area contributed by atoms with E-state index in [2.05, 4.69) is 30.2 Å². The average molecular weight is 482 g/mol. The number of hydrogen-bond acceptors (Lipinski definition) is 6. The van der Waals surface area contributed by atoms with Crippen molar-refractivity contribution >= 4 is 40.2 Å². The Morgan fingerprint density at radius 2 is 1.88 bits per heavy atom. The van der Waals surface area contributed by atoms with Crippen LogP contribution in [0.5, 0.6) is 0 Å². The van der Waals surface area contributed by atoms with E-state index in [0.29, 0.717) is 27.8 Å². The molecule has 0 bridgehead atoms. The van der Waals surface area contributed by atoms with Crippen molar-refractivity contribution in [1.82, 2.24) is 4.98 Å². The van der Waals surface area contributed by atoms with E-state index in [1.165, 1.54) is 16.2 Å². The number of halogens is 1. The van der Waals surface area contributed by atoms with Crippen LogP contribution in [-0.4, -0.2) is 37.2 Å². The number of anilines is 1. The molecule has 0 radical (unpaired) electrons. The van der Waals surface area contributed by atoms with Crippen molar-refractivity contribution in [2.45, 2.75) is 13.8 Å². The second kappa shape index (κ2) is 12.2. The second-order valence-corrected chi connectivity index (χ2v) is 8.57. The largest absolute Gasteiger partial charge is 0.456 e. The number of carbonyl (C=O) groups is 1. The van der Waals surface area contributed by atoms with E-state index >= 15 is 0 Å². The van der Waals surface area contributed by atoms with Gasteiger partial charge in [-0.1, -0.05) is 23.7 Å². The Morgan fingerprint density at radius 1 is 1.18 bits per heavy atom. The fourth-order valence-corrected chi connectivity index (χ4v) is 4.05. The van der Waals surface area contributed by atoms with E-state index in [1.807, 2.05) is 29.6 Å². The molecule has 33 heavy (non-hydrogen) atoms. The second-order valence-electron chi connectivity index (χ2n) is 7.28. The Morgan fingerprint density at radius 3 is 2.52 bits per heavy atom. The van der Waals surface area contributed by atoms with Gasteiger partial charge < -0.3 is 15.0 Å². The third-order valence-corrected chi connectivity index (χ3v) is 6.32. The minimum atomic E-state index is -0.334. The lowest BCUT2D eigenvalue weighted by atomic mass is 10.2. The van der Waals surface area contributed by atoms with E-state index in [4.69, 9.17) is 16.3 Å². The summed E-state index contributed by atoms with van der Waals surface area (Å²) >= 11 is 7.34. The highest BCUT2D eigenvalue weighted by Gasteiger charge is 2.11. The molecule has 0 atom stereocenters. The Balaban J connectivity index is 1.60. The van der Waals surface area contributed by atoms with Crippen LogP contribution in [-0.2, 0) is 4.74 Å². The molecular weight excluding hydrogens is 456 g/mol. The summed E-state index contributed by atoms with van der Waals surface area (Å²) in [6.45, 7) is 7.45. The number of allylic oxidation sites excluding steroid dienone is 1. The van der Waals surface area contributed by atoms with Gasteiger partial charge in [-0.05, 0) is 50.2 Å². The van der Waals surface area contributed by atoms with Crippen molar-refractivity contribution in [3.63, 3.8) is 0 Å². The first kappa shape index (κ1) is 24.5. The standard InChI is InChI=1S/C25H25ClN4O2S/c1-3-30(4-2)13-14-32-25(31)19-7-11-22(12-8-19)28-16-20(15-27)24-29-23(17-33-24)18-5-9-21(26)10-6-18/h5-12,16-17,28H,3-4,13-14H2,1-2H3/p+1/b20-16-. The van der Waals surface area contributed by atoms with Crippen LogP contribution in [0.3, 0.4) is 0 Å². The molecule has 0 unspecified atom stereocenters. The molecule has 2 aromatic carbocycles. The summed E-state index contributed by atoms with van der Waals surface area (Å²) in [6.07, 6.45) is 1.62. The maximum Gasteiger partial charge on any atom is 0.338 e. The Bertz CT molecular complexity index is 1130. The van der Waals surface area contributed by atoms with Crippen LogP contribution in [0.4, 0.5) is 5.69 Å². The predicted molar refractivity (Wildman–Crippen MR) is 133 cm³/mol. The highest BCUT2D eigenvalue weighted by atomic mass is 35.5. The number of esters is 1. The highest BCUT2D eigenvalue weighted by molar-refractivity contribution is 7.11. The number of nitrogens with one attached hydrogen (secondary N) is 2. The molecule has 0 saturated heterocycles. The zero-order valence-electron chi connectivity index (χ0n) is 18.6. The molecule has 0 aliphatic heterocycles. The van der Waals surface area contributed by atoms with Crippen LogP contribution in [0.2, 0.25) is 5.02 Å². The molecule has 1 aromatic heterocycles. The average Bonchev–Trinajstić information content (AvgIpc) is 3.33. The monoisotopic (exact) mass is 481 g/mol. The number of nitriles is 1. The molecule has 170 valence electrons. The molecule has 1 heterocycles. The molecule has 3 aromatic rings. The lowest BCUT2D eigenvalue weighted by Gasteiger charge is -2.15. The summed E-state index contributed by atoms with van der Waals surface area (Å²) in [4.78, 5) is 18.2. The van der Waals surface area contributed by atoms with Gasteiger partial charge in [-0.15, -0.1) is 11.3 Å². The number of aromatic nitrogens is 1. The first-order chi connectivity index (χ1) is 16.0. The van der Waals surface area contributed by atoms with Gasteiger partial charge >= 0.3 is 5.97 Å². The smallest absolute Gasteiger partial charge is 0.338 e. The molecule has 0 saturated carbocycles. The van der Waals surface area contributed by atoms with Gasteiger partial charge in [-0.25, -0.2) is 9.78 Å². The summed E-state index contributed by atoms with van der Waals surface area (Å²) in [5.41, 5.74) is 3.39. The van der Waals surface area contributed by atoms with Crippen LogP contribution >= 0.6 is 22.9 Å². The molecule has 3 rings (SSSR count). The number of hydrogen-bond donors (Lipinski definition) is 2. The van der Waals surface area contributed by atoms with E-state index in [0.717, 1.165) is 36.6 Å². The van der Waals surface area contributed by atoms with Crippen molar-refractivity contribution in [3.8, 4) is 17.3 Å². The van der Waals surface area contributed by atoms with Crippen molar-refractivity contribution in [1.29, 1.82) is 5.26 Å². The van der Waals surface area contributed by atoms with Gasteiger partial charge in [0.25, 0.3) is 0 Å². The minimum absolute atomic E-state index is 0.334. The summed E-state index contributed by atoms with van der Waals surface area (Å²) in [5.74, 6) is -0.334. The topological polar surface area (TPSA) is 79.5 Å². The number of likely N-dealkylation sites (N-methyl/N-ethyl adjacent to an activating group) is 1. The Hall–Kier alpha value is -3.18. The van der Waals surface area contributed by atoms with Gasteiger partial charge in [0.2, 0.25) is 0 Å². The third kappa shape index (κ3) is 6.90. The molecule has 0 amide bonds. The summed E-state index contributed by atoms with van der Waals surface area (Å²) in [6, 6.07) is 16.6. The van der Waals surface area contributed by atoms with Crippen LogP contribution in [0.1, 0.15) is 29.2 Å². The molecule has 0 aliphatic carbocycles. The normalized spacial score (nSPS) is 11.3. The molecule has 2 N–H and O–H groups in total. The lowest BCUT2D eigenvalue weighted by molar-refractivity contribution is -0.896. The van der Waals surface area contributed by atoms with Gasteiger partial charge in [-0.3, -0.25) is 0 Å². The third-order valence-electron chi connectivity index (χ3n) is 5.19. The number of thiazole rings is 1. The van der Waals surface area contributed by atoms with E-state index < -0.39 is 0 Å². The van der Waals surface area contributed by atoms with Crippen molar-refractivity contribution < 1.29 is 14.4 Å². The Labute approximate surface area is 203 Å². The maximum absolute atomic E-state index is 12.2. The number of benzene rings is 2. The van der Waals surface area contributed by atoms with Crippen molar-refractivity contribution in [3.05, 3.63) is 75.7 Å². The van der Waals surface area contributed by atoms with Gasteiger partial charge in [0, 0.05) is 27.9 Å². The minimum Gasteiger partial charge on any atom is -0.456 e. The van der Waals surface area contributed by atoms with Crippen molar-refractivity contribution in [2.24, 2.45) is 0 Å². The van der Waals surface area contributed by atoms with Crippen LogP contribution < -0.4 is 10.2 Å². The molecule has 0 fully saturated rings. The zero-order valence-corrected chi connectivity index (χ0v) is 20.2. The van der Waals surface area contributed by atoms with E-state index in [9.17, 15) is 10.1 Å². The number of nitrogens with zero attached hydrogens (tertiary/aromatic N) is 2. The first-order valence-electron chi connectivity index (χ1n) is 10.7. The van der Waals surface area contributed by atoms with Gasteiger partial charge in [0.15, 0.2) is 0 Å². The summed E-state index contributed by atoms with van der Waals surface area (Å²) in [5, 5.41) is 15.9. The number of ether oxygens (including phenoxy) is 1. The van der Waals surface area contributed by atoms with Gasteiger partial charge in [-0.2, -0.15) is 5.26 Å². The summed E-state index contributed by atoms with van der Waals surface area (Å²) in [7, 11) is 0. The predicted octanol–water partition coefficient (Wildman–Crippen LogP) is 4.52. The van der Waals surface area contributed by atoms with E-state index in [-0.39, 0.29) is 5.97 Å². The maximum atomic E-state index is 12.2. The summed E-state index contributed by atoms with van der Waals surface area (Å²) < 4.78 is 5.37. The molecule has 0 aliphatic rings. The molecule has 0 spiro atoms. The fourth-order valence-electron chi connectivity index (χ4n) is 3.13. The quantitative estimate of drug-likeness (QED) is 0.329. The molecular formula is C25H26ClN4O2S+. The van der Waals surface area contributed by atoms with E-state index in [1.54, 1.807) is 30.5 Å².